The first-order chi connectivity index (χ1) is 10.6. The van der Waals surface area contributed by atoms with E-state index in [0.717, 1.165) is 44.1 Å². The highest BCUT2D eigenvalue weighted by Gasteiger charge is 2.21. The van der Waals surface area contributed by atoms with Gasteiger partial charge >= 0.3 is 0 Å². The van der Waals surface area contributed by atoms with Gasteiger partial charge in [-0.15, -0.1) is 0 Å². The third kappa shape index (κ3) is 4.53. The Hall–Kier alpha value is -1.95. The van der Waals surface area contributed by atoms with Crippen LogP contribution in [0.15, 0.2) is 30.7 Å². The third-order valence-electron chi connectivity index (χ3n) is 3.80. The summed E-state index contributed by atoms with van der Waals surface area (Å²) in [5, 5.41) is 0. The molecule has 1 aromatic rings. The van der Waals surface area contributed by atoms with Gasteiger partial charge in [0, 0.05) is 51.7 Å². The first kappa shape index (κ1) is 16.4. The molecular weight excluding hydrogens is 278 g/mol. The molecule has 0 radical (unpaired) electrons. The van der Waals surface area contributed by atoms with Crippen molar-refractivity contribution in [3.8, 4) is 0 Å². The molecule has 1 aliphatic rings. The van der Waals surface area contributed by atoms with Gasteiger partial charge in [-0.1, -0.05) is 12.2 Å². The van der Waals surface area contributed by atoms with Gasteiger partial charge < -0.3 is 9.80 Å². The number of hydrogen-bond donors (Lipinski definition) is 0. The highest BCUT2D eigenvalue weighted by atomic mass is 16.2. The van der Waals surface area contributed by atoms with Crippen molar-refractivity contribution in [3.63, 3.8) is 0 Å². The first-order valence-electron chi connectivity index (χ1n) is 7.75. The normalized spacial score (nSPS) is 15.6. The van der Waals surface area contributed by atoms with Crippen LogP contribution in [-0.4, -0.2) is 71.5 Å². The highest BCUT2D eigenvalue weighted by molar-refractivity contribution is 5.78. The zero-order chi connectivity index (χ0) is 15.9. The second kappa shape index (κ2) is 7.89. The maximum atomic E-state index is 12.3. The first-order valence-corrected chi connectivity index (χ1v) is 7.75. The molecule has 1 fully saturated rings. The lowest BCUT2D eigenvalue weighted by molar-refractivity contribution is -0.131. The summed E-state index contributed by atoms with van der Waals surface area (Å²) >= 11 is 0. The molecule has 0 saturated carbocycles. The highest BCUT2D eigenvalue weighted by Crippen LogP contribution is 2.11. The van der Waals surface area contributed by atoms with Crippen molar-refractivity contribution in [2.45, 2.75) is 13.8 Å². The molecule has 1 aromatic heterocycles. The molecule has 0 aliphatic carbocycles. The number of nitrogens with zero attached hydrogens (tertiary/aromatic N) is 5. The molecule has 2 heterocycles. The van der Waals surface area contributed by atoms with Crippen LogP contribution in [0.5, 0.6) is 0 Å². The fraction of sp³-hybridized carbons (Fsp3) is 0.562. The van der Waals surface area contributed by atoms with Gasteiger partial charge in [-0.25, -0.2) is 4.98 Å². The van der Waals surface area contributed by atoms with Gasteiger partial charge in [-0.2, -0.15) is 0 Å². The molecule has 120 valence electrons. The smallest absolute Gasteiger partial charge is 0.237 e. The standard InChI is InChI=1S/C16H25N5O/c1-4-20(12-14(2)3)16(22)13-19-7-9-21(10-8-19)15-11-17-5-6-18-15/h5-6,11H,2,4,7-10,12-13H2,1,3H3. The molecule has 6 heteroatoms. The Labute approximate surface area is 132 Å². The molecular formula is C16H25N5O. The monoisotopic (exact) mass is 303 g/mol. The van der Waals surface area contributed by atoms with E-state index in [1.807, 2.05) is 18.7 Å². The van der Waals surface area contributed by atoms with Crippen LogP contribution in [-0.2, 0) is 4.79 Å². The number of piperazine rings is 1. The Balaban J connectivity index is 1.82. The van der Waals surface area contributed by atoms with E-state index in [0.29, 0.717) is 13.1 Å². The Kier molecular flexibility index (Phi) is 5.89. The van der Waals surface area contributed by atoms with Crippen molar-refractivity contribution in [3.05, 3.63) is 30.7 Å². The van der Waals surface area contributed by atoms with E-state index in [2.05, 4.69) is 26.3 Å². The number of hydrogen-bond acceptors (Lipinski definition) is 5. The summed E-state index contributed by atoms with van der Waals surface area (Å²) < 4.78 is 0. The van der Waals surface area contributed by atoms with Crippen molar-refractivity contribution in [2.75, 3.05) is 50.7 Å². The lowest BCUT2D eigenvalue weighted by atomic mass is 10.2. The fourth-order valence-electron chi connectivity index (χ4n) is 2.58. The SMILES string of the molecule is C=C(C)CN(CC)C(=O)CN1CCN(c2cnccn2)CC1. The average molecular weight is 303 g/mol. The van der Waals surface area contributed by atoms with Crippen molar-refractivity contribution in [1.29, 1.82) is 0 Å². The largest absolute Gasteiger partial charge is 0.353 e. The second-order valence-electron chi connectivity index (χ2n) is 5.69. The number of carbonyl (C=O) groups is 1. The maximum absolute atomic E-state index is 12.3. The van der Waals surface area contributed by atoms with Crippen LogP contribution in [0.2, 0.25) is 0 Å². The minimum atomic E-state index is 0.179. The molecule has 0 spiro atoms. The van der Waals surface area contributed by atoms with Crippen LogP contribution in [0.4, 0.5) is 5.82 Å². The molecule has 1 amide bonds. The minimum Gasteiger partial charge on any atom is -0.353 e. The Morgan fingerprint density at radius 1 is 1.32 bits per heavy atom. The summed E-state index contributed by atoms with van der Waals surface area (Å²) in [5.41, 5.74) is 1.02. The van der Waals surface area contributed by atoms with Crippen LogP contribution < -0.4 is 4.90 Å². The molecule has 6 nitrogen and oxygen atoms in total. The molecule has 22 heavy (non-hydrogen) atoms. The molecule has 0 atom stereocenters. The summed E-state index contributed by atoms with van der Waals surface area (Å²) in [6, 6.07) is 0. The van der Waals surface area contributed by atoms with Gasteiger partial charge in [-0.3, -0.25) is 14.7 Å². The van der Waals surface area contributed by atoms with Gasteiger partial charge in [0.15, 0.2) is 0 Å². The Morgan fingerprint density at radius 2 is 2.05 bits per heavy atom. The number of anilines is 1. The van der Waals surface area contributed by atoms with Gasteiger partial charge in [0.05, 0.1) is 12.7 Å². The van der Waals surface area contributed by atoms with Crippen LogP contribution >= 0.6 is 0 Å². The van der Waals surface area contributed by atoms with E-state index in [1.54, 1.807) is 18.6 Å². The third-order valence-corrected chi connectivity index (χ3v) is 3.80. The number of amides is 1. The van der Waals surface area contributed by atoms with Gasteiger partial charge in [0.2, 0.25) is 5.91 Å². The van der Waals surface area contributed by atoms with E-state index in [4.69, 9.17) is 0 Å². The van der Waals surface area contributed by atoms with Crippen molar-refractivity contribution >= 4 is 11.7 Å². The number of rotatable bonds is 6. The molecule has 0 bridgehead atoms. The fourth-order valence-corrected chi connectivity index (χ4v) is 2.58. The summed E-state index contributed by atoms with van der Waals surface area (Å²) in [4.78, 5) is 27.0. The van der Waals surface area contributed by atoms with Crippen LogP contribution in [0.25, 0.3) is 0 Å². The number of carbonyl (C=O) groups excluding carboxylic acids is 1. The Bertz CT molecular complexity index is 497. The topological polar surface area (TPSA) is 52.6 Å². The quantitative estimate of drug-likeness (QED) is 0.735. The van der Waals surface area contributed by atoms with Crippen molar-refractivity contribution < 1.29 is 4.79 Å². The number of aromatic nitrogens is 2. The van der Waals surface area contributed by atoms with E-state index < -0.39 is 0 Å². The van der Waals surface area contributed by atoms with Crippen molar-refractivity contribution in [2.24, 2.45) is 0 Å². The van der Waals surface area contributed by atoms with E-state index in [-0.39, 0.29) is 5.91 Å². The van der Waals surface area contributed by atoms with Gasteiger partial charge in [-0.05, 0) is 13.8 Å². The molecule has 1 aliphatic heterocycles. The van der Waals surface area contributed by atoms with Crippen LogP contribution in [0.1, 0.15) is 13.8 Å². The summed E-state index contributed by atoms with van der Waals surface area (Å²) in [7, 11) is 0. The predicted molar refractivity (Wildman–Crippen MR) is 87.8 cm³/mol. The molecule has 0 unspecified atom stereocenters. The molecule has 0 N–H and O–H groups in total. The lowest BCUT2D eigenvalue weighted by Crippen LogP contribution is -2.50. The summed E-state index contributed by atoms with van der Waals surface area (Å²) in [5.74, 6) is 1.09. The maximum Gasteiger partial charge on any atom is 0.237 e. The number of likely N-dealkylation sites (N-methyl/N-ethyl adjacent to an activating group) is 1. The predicted octanol–water partition coefficient (Wildman–Crippen LogP) is 1.02. The molecule has 0 aromatic carbocycles. The zero-order valence-corrected chi connectivity index (χ0v) is 13.5. The van der Waals surface area contributed by atoms with Crippen LogP contribution in [0.3, 0.4) is 0 Å². The van der Waals surface area contributed by atoms with Gasteiger partial charge in [0.25, 0.3) is 0 Å². The molecule has 1 saturated heterocycles. The van der Waals surface area contributed by atoms with E-state index in [1.165, 1.54) is 0 Å². The van der Waals surface area contributed by atoms with E-state index >= 15 is 0 Å². The van der Waals surface area contributed by atoms with E-state index in [9.17, 15) is 4.79 Å². The van der Waals surface area contributed by atoms with Crippen molar-refractivity contribution in [1.82, 2.24) is 19.8 Å². The van der Waals surface area contributed by atoms with Gasteiger partial charge in [0.1, 0.15) is 5.82 Å². The minimum absolute atomic E-state index is 0.179. The Morgan fingerprint density at radius 3 is 2.59 bits per heavy atom. The lowest BCUT2D eigenvalue weighted by Gasteiger charge is -2.35. The summed E-state index contributed by atoms with van der Waals surface area (Å²) in [6.45, 7) is 13.2. The second-order valence-corrected chi connectivity index (χ2v) is 5.69. The molecule has 2 rings (SSSR count). The average Bonchev–Trinajstić information content (AvgIpc) is 2.54. The van der Waals surface area contributed by atoms with Crippen LogP contribution in [0, 0.1) is 0 Å². The zero-order valence-electron chi connectivity index (χ0n) is 13.5. The summed E-state index contributed by atoms with van der Waals surface area (Å²) in [6.07, 6.45) is 5.17.